The maximum absolute atomic E-state index is 12.4. The van der Waals surface area contributed by atoms with Crippen molar-refractivity contribution in [3.05, 3.63) is 65.2 Å². The molecule has 1 unspecified atom stereocenters. The quantitative estimate of drug-likeness (QED) is 0.711. The van der Waals surface area contributed by atoms with Crippen LogP contribution >= 0.6 is 0 Å². The van der Waals surface area contributed by atoms with Crippen LogP contribution in [0.1, 0.15) is 27.9 Å². The van der Waals surface area contributed by atoms with Gasteiger partial charge in [-0.1, -0.05) is 29.8 Å². The Morgan fingerprint density at radius 3 is 2.50 bits per heavy atom. The lowest BCUT2D eigenvalue weighted by atomic mass is 10.1. The lowest BCUT2D eigenvalue weighted by Gasteiger charge is -2.12. The van der Waals surface area contributed by atoms with Crippen LogP contribution in [0.15, 0.2) is 53.4 Å². The van der Waals surface area contributed by atoms with Crippen molar-refractivity contribution < 1.29 is 26.4 Å². The maximum Gasteiger partial charge on any atom is 0.338 e. The molecule has 7 nitrogen and oxygen atoms in total. The molecule has 0 amide bonds. The Morgan fingerprint density at radius 2 is 1.89 bits per heavy atom. The highest BCUT2D eigenvalue weighted by Gasteiger charge is 2.31. The van der Waals surface area contributed by atoms with Crippen molar-refractivity contribution in [3.63, 3.8) is 0 Å². The van der Waals surface area contributed by atoms with Crippen molar-refractivity contribution in [2.75, 3.05) is 11.5 Å². The van der Waals surface area contributed by atoms with E-state index in [1.807, 2.05) is 31.2 Å². The highest BCUT2D eigenvalue weighted by Crippen LogP contribution is 2.17. The van der Waals surface area contributed by atoms with Crippen LogP contribution in [0.3, 0.4) is 0 Å². The molecule has 1 aliphatic heterocycles. The second-order valence-electron chi connectivity index (χ2n) is 6.81. The smallest absolute Gasteiger partial charge is 0.338 e. The van der Waals surface area contributed by atoms with Crippen LogP contribution in [-0.2, 0) is 31.2 Å². The van der Waals surface area contributed by atoms with Crippen molar-refractivity contribution in [2.24, 2.45) is 0 Å². The van der Waals surface area contributed by atoms with Gasteiger partial charge in [0.1, 0.15) is 6.61 Å². The van der Waals surface area contributed by atoms with Gasteiger partial charge in [0.25, 0.3) is 0 Å². The summed E-state index contributed by atoms with van der Waals surface area (Å²) in [5.41, 5.74) is 2.16. The summed E-state index contributed by atoms with van der Waals surface area (Å²) in [4.78, 5) is 12.1. The minimum atomic E-state index is -3.86. The molecule has 1 heterocycles. The summed E-state index contributed by atoms with van der Waals surface area (Å²) >= 11 is 0. The number of esters is 1. The molecule has 1 aliphatic rings. The number of sulfonamides is 1. The van der Waals surface area contributed by atoms with E-state index >= 15 is 0 Å². The monoisotopic (exact) mass is 423 g/mol. The Balaban J connectivity index is 1.63. The summed E-state index contributed by atoms with van der Waals surface area (Å²) in [6.45, 7) is 2.07. The van der Waals surface area contributed by atoms with Crippen molar-refractivity contribution in [1.29, 1.82) is 0 Å². The van der Waals surface area contributed by atoms with Gasteiger partial charge in [-0.05, 0) is 43.2 Å². The fourth-order valence-electron chi connectivity index (χ4n) is 2.98. The van der Waals surface area contributed by atoms with Gasteiger partial charge in [0.05, 0.1) is 22.0 Å². The predicted molar refractivity (Wildman–Crippen MR) is 104 cm³/mol. The summed E-state index contributed by atoms with van der Waals surface area (Å²) in [5, 5.41) is 0. The molecule has 2 aromatic carbocycles. The molecule has 1 N–H and O–H groups in total. The molecule has 1 fully saturated rings. The average molecular weight is 424 g/mol. The topological polar surface area (TPSA) is 107 Å². The van der Waals surface area contributed by atoms with E-state index < -0.39 is 31.9 Å². The number of hydrogen-bond acceptors (Lipinski definition) is 6. The highest BCUT2D eigenvalue weighted by atomic mass is 32.2. The van der Waals surface area contributed by atoms with Gasteiger partial charge in [0.15, 0.2) is 9.84 Å². The van der Waals surface area contributed by atoms with E-state index in [1.165, 1.54) is 24.3 Å². The first-order valence-electron chi connectivity index (χ1n) is 8.70. The number of carbonyl (C=O) groups excluding carboxylic acids is 1. The van der Waals surface area contributed by atoms with Gasteiger partial charge in [-0.25, -0.2) is 26.4 Å². The van der Waals surface area contributed by atoms with Gasteiger partial charge in [0.2, 0.25) is 10.0 Å². The van der Waals surface area contributed by atoms with E-state index in [0.717, 1.165) is 11.1 Å². The van der Waals surface area contributed by atoms with Gasteiger partial charge in [-0.2, -0.15) is 0 Å². The van der Waals surface area contributed by atoms with Crippen LogP contribution in [0, 0.1) is 6.92 Å². The molecule has 150 valence electrons. The fraction of sp³-hybridized carbons (Fsp3) is 0.316. The molecular formula is C19H21NO6S2. The van der Waals surface area contributed by atoms with Crippen LogP contribution in [0.5, 0.6) is 0 Å². The Hall–Kier alpha value is -2.23. The average Bonchev–Trinajstić information content (AvgIpc) is 2.97. The molecule has 2 aromatic rings. The number of ether oxygens (including phenoxy) is 1. The predicted octanol–water partition coefficient (Wildman–Crippen LogP) is 1.82. The standard InChI is InChI=1S/C19H21NO6S2/c1-14-3-2-4-15(11-14)12-26-19(21)16-5-7-18(8-6-16)28(24,25)20-17-9-10-27(22,23)13-17/h2-8,11,17,20H,9-10,12-13H2,1H3. The lowest BCUT2D eigenvalue weighted by Crippen LogP contribution is -2.35. The minimum Gasteiger partial charge on any atom is -0.457 e. The molecule has 0 aliphatic carbocycles. The number of rotatable bonds is 6. The zero-order chi connectivity index (χ0) is 20.4. The van der Waals surface area contributed by atoms with E-state index in [-0.39, 0.29) is 35.0 Å². The Bertz CT molecular complexity index is 1080. The maximum atomic E-state index is 12.4. The Morgan fingerprint density at radius 1 is 1.18 bits per heavy atom. The highest BCUT2D eigenvalue weighted by molar-refractivity contribution is 7.92. The molecule has 0 aromatic heterocycles. The molecule has 0 saturated carbocycles. The molecule has 3 rings (SSSR count). The largest absolute Gasteiger partial charge is 0.457 e. The third-order valence-electron chi connectivity index (χ3n) is 4.41. The normalized spacial score (nSPS) is 18.7. The summed E-state index contributed by atoms with van der Waals surface area (Å²) in [5.74, 6) is -0.776. The first-order valence-corrected chi connectivity index (χ1v) is 12.0. The van der Waals surface area contributed by atoms with Gasteiger partial charge in [-0.15, -0.1) is 0 Å². The molecule has 1 atom stereocenters. The van der Waals surface area contributed by atoms with E-state index in [2.05, 4.69) is 4.72 Å². The van der Waals surface area contributed by atoms with Crippen molar-refractivity contribution in [2.45, 2.75) is 30.9 Å². The van der Waals surface area contributed by atoms with E-state index in [0.29, 0.717) is 0 Å². The van der Waals surface area contributed by atoms with Crippen molar-refractivity contribution in [3.8, 4) is 0 Å². The molecule has 28 heavy (non-hydrogen) atoms. The van der Waals surface area contributed by atoms with Gasteiger partial charge < -0.3 is 4.74 Å². The second-order valence-corrected chi connectivity index (χ2v) is 10.8. The van der Waals surface area contributed by atoms with Crippen LogP contribution in [-0.4, -0.2) is 40.4 Å². The summed E-state index contributed by atoms with van der Waals surface area (Å²) < 4.78 is 55.4. The fourth-order valence-corrected chi connectivity index (χ4v) is 6.03. The molecule has 1 saturated heterocycles. The van der Waals surface area contributed by atoms with Crippen LogP contribution < -0.4 is 4.72 Å². The number of hydrogen-bond donors (Lipinski definition) is 1. The third kappa shape index (κ3) is 5.18. The number of carbonyl (C=O) groups is 1. The first kappa shape index (κ1) is 20.5. The Kier molecular flexibility index (Phi) is 5.87. The third-order valence-corrected chi connectivity index (χ3v) is 7.71. The number of sulfone groups is 1. The SMILES string of the molecule is Cc1cccc(COC(=O)c2ccc(S(=O)(=O)NC3CCS(=O)(=O)C3)cc2)c1. The number of benzene rings is 2. The first-order chi connectivity index (χ1) is 13.1. The summed E-state index contributed by atoms with van der Waals surface area (Å²) in [6.07, 6.45) is 0.255. The summed E-state index contributed by atoms with van der Waals surface area (Å²) in [6, 6.07) is 12.3. The van der Waals surface area contributed by atoms with Gasteiger partial charge in [0, 0.05) is 6.04 Å². The van der Waals surface area contributed by atoms with Gasteiger partial charge >= 0.3 is 5.97 Å². The minimum absolute atomic E-state index is 0.0219. The van der Waals surface area contributed by atoms with E-state index in [9.17, 15) is 21.6 Å². The van der Waals surface area contributed by atoms with Gasteiger partial charge in [-0.3, -0.25) is 0 Å². The summed E-state index contributed by atoms with van der Waals surface area (Å²) in [7, 11) is -7.05. The number of nitrogens with one attached hydrogen (secondary N) is 1. The molecule has 9 heteroatoms. The molecular weight excluding hydrogens is 402 g/mol. The zero-order valence-corrected chi connectivity index (χ0v) is 16.9. The van der Waals surface area contributed by atoms with Crippen LogP contribution in [0.25, 0.3) is 0 Å². The van der Waals surface area contributed by atoms with Crippen molar-refractivity contribution in [1.82, 2.24) is 4.72 Å². The van der Waals surface area contributed by atoms with Crippen LogP contribution in [0.2, 0.25) is 0 Å². The second kappa shape index (κ2) is 8.02. The Labute approximate surface area is 164 Å². The van der Waals surface area contributed by atoms with E-state index in [4.69, 9.17) is 4.74 Å². The zero-order valence-electron chi connectivity index (χ0n) is 15.3. The molecule has 0 radical (unpaired) electrons. The van der Waals surface area contributed by atoms with Crippen LogP contribution in [0.4, 0.5) is 0 Å². The number of aryl methyl sites for hydroxylation is 1. The van der Waals surface area contributed by atoms with E-state index in [1.54, 1.807) is 0 Å². The molecule has 0 bridgehead atoms. The lowest BCUT2D eigenvalue weighted by molar-refractivity contribution is 0.0472. The van der Waals surface area contributed by atoms with Crippen molar-refractivity contribution >= 4 is 25.8 Å². The molecule has 0 spiro atoms.